The smallest absolute Gasteiger partial charge is 0.339 e. The second-order valence-electron chi connectivity index (χ2n) is 5.31. The first-order valence-corrected chi connectivity index (χ1v) is 6.99. The van der Waals surface area contributed by atoms with Crippen molar-refractivity contribution in [1.29, 1.82) is 0 Å². The number of H-pyrrole nitrogens is 1. The quantitative estimate of drug-likeness (QED) is 0.854. The van der Waals surface area contributed by atoms with Gasteiger partial charge in [-0.15, -0.1) is 0 Å². The van der Waals surface area contributed by atoms with E-state index in [0.29, 0.717) is 16.6 Å². The molecule has 1 saturated carbocycles. The molecule has 0 bridgehead atoms. The zero-order chi connectivity index (χ0) is 14.1. The van der Waals surface area contributed by atoms with Gasteiger partial charge in [0.05, 0.1) is 5.56 Å². The van der Waals surface area contributed by atoms with E-state index in [9.17, 15) is 9.59 Å². The Morgan fingerprint density at radius 1 is 1.25 bits per heavy atom. The van der Waals surface area contributed by atoms with Crippen LogP contribution in [0.4, 0.5) is 0 Å². The van der Waals surface area contributed by atoms with Gasteiger partial charge < -0.3 is 9.72 Å². The van der Waals surface area contributed by atoms with E-state index in [1.807, 2.05) is 18.2 Å². The predicted molar refractivity (Wildman–Crippen MR) is 77.0 cm³/mol. The van der Waals surface area contributed by atoms with Crippen LogP contribution in [0, 0.1) is 6.92 Å². The SMILES string of the molecule is Cc1c(C(=O)OC2CCCC2)c2ccccc2[nH]c1=O. The fourth-order valence-electron chi connectivity index (χ4n) is 2.82. The maximum Gasteiger partial charge on any atom is 0.339 e. The van der Waals surface area contributed by atoms with Crippen LogP contribution in [-0.2, 0) is 4.74 Å². The number of aromatic nitrogens is 1. The third-order valence-corrected chi connectivity index (χ3v) is 3.94. The van der Waals surface area contributed by atoms with Gasteiger partial charge in [-0.25, -0.2) is 4.79 Å². The van der Waals surface area contributed by atoms with E-state index in [1.165, 1.54) is 0 Å². The number of ether oxygens (including phenoxy) is 1. The van der Waals surface area contributed by atoms with E-state index in [4.69, 9.17) is 4.74 Å². The molecular formula is C16H17NO3. The summed E-state index contributed by atoms with van der Waals surface area (Å²) < 4.78 is 5.55. The Morgan fingerprint density at radius 2 is 1.95 bits per heavy atom. The number of nitrogens with one attached hydrogen (secondary N) is 1. The molecule has 2 aromatic rings. The molecule has 1 aromatic heterocycles. The van der Waals surface area contributed by atoms with Crippen molar-refractivity contribution in [2.45, 2.75) is 38.7 Å². The van der Waals surface area contributed by atoms with Crippen LogP contribution in [-0.4, -0.2) is 17.1 Å². The highest BCUT2D eigenvalue weighted by Gasteiger charge is 2.23. The molecule has 0 saturated heterocycles. The third kappa shape index (κ3) is 2.22. The number of benzene rings is 1. The first-order chi connectivity index (χ1) is 9.66. The highest BCUT2D eigenvalue weighted by molar-refractivity contribution is 6.04. The number of esters is 1. The number of carbonyl (C=O) groups is 1. The molecule has 1 fully saturated rings. The van der Waals surface area contributed by atoms with E-state index in [0.717, 1.165) is 31.1 Å². The predicted octanol–water partition coefficient (Wildman–Crippen LogP) is 2.94. The Morgan fingerprint density at radius 3 is 2.70 bits per heavy atom. The monoisotopic (exact) mass is 271 g/mol. The molecule has 0 atom stereocenters. The lowest BCUT2D eigenvalue weighted by atomic mass is 10.0. The highest BCUT2D eigenvalue weighted by Crippen LogP contribution is 2.24. The van der Waals surface area contributed by atoms with Crippen molar-refractivity contribution in [2.75, 3.05) is 0 Å². The van der Waals surface area contributed by atoms with E-state index < -0.39 is 0 Å². The number of aromatic amines is 1. The summed E-state index contributed by atoms with van der Waals surface area (Å²) in [6.45, 7) is 1.66. The number of hydrogen-bond acceptors (Lipinski definition) is 3. The molecule has 3 rings (SSSR count). The van der Waals surface area contributed by atoms with Crippen LogP contribution in [0.3, 0.4) is 0 Å². The topological polar surface area (TPSA) is 59.2 Å². The number of hydrogen-bond donors (Lipinski definition) is 1. The van der Waals surface area contributed by atoms with Crippen molar-refractivity contribution in [3.05, 3.63) is 45.7 Å². The second kappa shape index (κ2) is 5.12. The summed E-state index contributed by atoms with van der Waals surface area (Å²) in [4.78, 5) is 27.1. The number of rotatable bonds is 2. The van der Waals surface area contributed by atoms with Crippen LogP contribution in [0.15, 0.2) is 29.1 Å². The van der Waals surface area contributed by atoms with Crippen molar-refractivity contribution in [1.82, 2.24) is 4.98 Å². The van der Waals surface area contributed by atoms with Crippen LogP contribution in [0.1, 0.15) is 41.6 Å². The largest absolute Gasteiger partial charge is 0.459 e. The van der Waals surface area contributed by atoms with Gasteiger partial charge in [-0.05, 0) is 38.7 Å². The molecule has 104 valence electrons. The van der Waals surface area contributed by atoms with Crippen LogP contribution in [0.2, 0.25) is 0 Å². The summed E-state index contributed by atoms with van der Waals surface area (Å²) in [5, 5.41) is 0.743. The summed E-state index contributed by atoms with van der Waals surface area (Å²) in [5.41, 5.74) is 1.26. The van der Waals surface area contributed by atoms with Gasteiger partial charge in [0.15, 0.2) is 0 Å². The Hall–Kier alpha value is -2.10. The van der Waals surface area contributed by atoms with Crippen LogP contribution >= 0.6 is 0 Å². The second-order valence-corrected chi connectivity index (χ2v) is 5.31. The summed E-state index contributed by atoms with van der Waals surface area (Å²) in [6.07, 6.45) is 4.05. The standard InChI is InChI=1S/C16H17NO3/c1-10-14(16(19)20-11-6-2-3-7-11)12-8-4-5-9-13(12)17-15(10)18/h4-5,8-9,11H,2-3,6-7H2,1H3,(H,17,18). The molecule has 1 aromatic carbocycles. The van der Waals surface area contributed by atoms with Crippen LogP contribution < -0.4 is 5.56 Å². The number of para-hydroxylation sites is 1. The lowest BCUT2D eigenvalue weighted by molar-refractivity contribution is 0.0319. The summed E-state index contributed by atoms with van der Waals surface area (Å²) in [7, 11) is 0. The van der Waals surface area contributed by atoms with Gasteiger partial charge in [0.25, 0.3) is 5.56 Å². The first-order valence-electron chi connectivity index (χ1n) is 6.99. The lowest BCUT2D eigenvalue weighted by Gasteiger charge is -2.14. The molecule has 4 nitrogen and oxygen atoms in total. The summed E-state index contributed by atoms with van der Waals surface area (Å²) in [6, 6.07) is 7.32. The van der Waals surface area contributed by atoms with Crippen molar-refractivity contribution in [3.8, 4) is 0 Å². The molecule has 4 heteroatoms. The fraction of sp³-hybridized carbons (Fsp3) is 0.375. The average Bonchev–Trinajstić information content (AvgIpc) is 2.93. The molecular weight excluding hydrogens is 254 g/mol. The molecule has 1 N–H and O–H groups in total. The van der Waals surface area contributed by atoms with Gasteiger partial charge in [-0.2, -0.15) is 0 Å². The highest BCUT2D eigenvalue weighted by atomic mass is 16.5. The first kappa shape index (κ1) is 12.9. The van der Waals surface area contributed by atoms with E-state index >= 15 is 0 Å². The van der Waals surface area contributed by atoms with E-state index in [1.54, 1.807) is 13.0 Å². The number of pyridine rings is 1. The van der Waals surface area contributed by atoms with Crippen LogP contribution in [0.5, 0.6) is 0 Å². The van der Waals surface area contributed by atoms with Gasteiger partial charge in [0.1, 0.15) is 6.10 Å². The van der Waals surface area contributed by atoms with Gasteiger partial charge in [0, 0.05) is 16.5 Å². The molecule has 0 amide bonds. The average molecular weight is 271 g/mol. The van der Waals surface area contributed by atoms with Crippen molar-refractivity contribution in [2.24, 2.45) is 0 Å². The van der Waals surface area contributed by atoms with Gasteiger partial charge in [-0.1, -0.05) is 18.2 Å². The minimum atomic E-state index is -0.378. The normalized spacial score (nSPS) is 15.7. The fourth-order valence-corrected chi connectivity index (χ4v) is 2.82. The summed E-state index contributed by atoms with van der Waals surface area (Å²) in [5.74, 6) is -0.378. The number of carbonyl (C=O) groups excluding carboxylic acids is 1. The van der Waals surface area contributed by atoms with Gasteiger partial charge in [0.2, 0.25) is 0 Å². The maximum atomic E-state index is 12.4. The molecule has 1 aliphatic rings. The Bertz CT molecular complexity index is 711. The zero-order valence-corrected chi connectivity index (χ0v) is 11.4. The van der Waals surface area contributed by atoms with Crippen molar-refractivity contribution in [3.63, 3.8) is 0 Å². The van der Waals surface area contributed by atoms with E-state index in [2.05, 4.69) is 4.98 Å². The Kier molecular flexibility index (Phi) is 3.30. The van der Waals surface area contributed by atoms with Crippen molar-refractivity contribution < 1.29 is 9.53 Å². The van der Waals surface area contributed by atoms with Gasteiger partial charge >= 0.3 is 5.97 Å². The Balaban J connectivity index is 2.06. The molecule has 1 heterocycles. The molecule has 0 spiro atoms. The molecule has 0 radical (unpaired) electrons. The molecule has 0 aliphatic heterocycles. The maximum absolute atomic E-state index is 12.4. The lowest BCUT2D eigenvalue weighted by Crippen LogP contribution is -2.21. The van der Waals surface area contributed by atoms with Gasteiger partial charge in [-0.3, -0.25) is 4.79 Å². The Labute approximate surface area is 116 Å². The minimum Gasteiger partial charge on any atom is -0.459 e. The third-order valence-electron chi connectivity index (χ3n) is 3.94. The summed E-state index contributed by atoms with van der Waals surface area (Å²) >= 11 is 0. The van der Waals surface area contributed by atoms with Crippen molar-refractivity contribution >= 4 is 16.9 Å². The molecule has 0 unspecified atom stereocenters. The zero-order valence-electron chi connectivity index (χ0n) is 11.4. The molecule has 20 heavy (non-hydrogen) atoms. The minimum absolute atomic E-state index is 0.0000463. The molecule has 1 aliphatic carbocycles. The van der Waals surface area contributed by atoms with E-state index in [-0.39, 0.29) is 17.6 Å². The number of fused-ring (bicyclic) bond motifs is 1. The van der Waals surface area contributed by atoms with Crippen LogP contribution in [0.25, 0.3) is 10.9 Å².